The second kappa shape index (κ2) is 5.88. The number of hydrogen-bond acceptors (Lipinski definition) is 2. The fourth-order valence-electron chi connectivity index (χ4n) is 2.42. The van der Waals surface area contributed by atoms with Gasteiger partial charge in [0.05, 0.1) is 6.26 Å². The summed E-state index contributed by atoms with van der Waals surface area (Å²) in [4.78, 5) is 0. The third kappa shape index (κ3) is 3.00. The summed E-state index contributed by atoms with van der Waals surface area (Å²) in [6.45, 7) is 4.26. The molecule has 0 bridgehead atoms. The molecule has 0 fully saturated rings. The van der Waals surface area contributed by atoms with E-state index >= 15 is 0 Å². The predicted octanol–water partition coefficient (Wildman–Crippen LogP) is 5.10. The van der Waals surface area contributed by atoms with Crippen LogP contribution in [0.5, 0.6) is 0 Å². The number of benzene rings is 2. The molecule has 0 saturated heterocycles. The normalized spacial score (nSPS) is 12.1. The molecule has 0 aliphatic carbocycles. The Morgan fingerprint density at radius 1 is 0.857 bits per heavy atom. The molecule has 0 saturated carbocycles. The van der Waals surface area contributed by atoms with Crippen LogP contribution >= 0.6 is 0 Å². The highest BCUT2D eigenvalue weighted by Crippen LogP contribution is 2.27. The average molecular weight is 277 g/mol. The molecule has 2 aromatic carbocycles. The van der Waals surface area contributed by atoms with Crippen molar-refractivity contribution in [1.82, 2.24) is 0 Å². The van der Waals surface area contributed by atoms with Crippen molar-refractivity contribution in [3.63, 3.8) is 0 Å². The van der Waals surface area contributed by atoms with Gasteiger partial charge in [-0.15, -0.1) is 0 Å². The minimum atomic E-state index is 0.0170. The zero-order chi connectivity index (χ0) is 14.7. The standard InChI is InChI=1S/C19H19NO/c1-14-10-11-17(13-15(14)2)20-19(18-9-6-12-21-18)16-7-4-3-5-8-16/h3-13,19-20H,1-2H3. The summed E-state index contributed by atoms with van der Waals surface area (Å²) in [6.07, 6.45) is 1.72. The third-order valence-electron chi connectivity index (χ3n) is 3.78. The molecular weight excluding hydrogens is 258 g/mol. The van der Waals surface area contributed by atoms with Gasteiger partial charge >= 0.3 is 0 Å². The van der Waals surface area contributed by atoms with Crippen LogP contribution in [0.1, 0.15) is 28.5 Å². The molecule has 21 heavy (non-hydrogen) atoms. The van der Waals surface area contributed by atoms with Crippen molar-refractivity contribution in [2.45, 2.75) is 19.9 Å². The van der Waals surface area contributed by atoms with Crippen LogP contribution in [-0.2, 0) is 0 Å². The first-order chi connectivity index (χ1) is 10.2. The molecule has 1 aromatic heterocycles. The van der Waals surface area contributed by atoms with Crippen LogP contribution in [0, 0.1) is 13.8 Å². The molecule has 0 amide bonds. The van der Waals surface area contributed by atoms with Gasteiger partial charge in [0.15, 0.2) is 0 Å². The molecule has 1 heterocycles. The number of aryl methyl sites for hydroxylation is 2. The highest BCUT2D eigenvalue weighted by molar-refractivity contribution is 5.51. The Hall–Kier alpha value is -2.48. The van der Waals surface area contributed by atoms with Crippen LogP contribution < -0.4 is 5.32 Å². The van der Waals surface area contributed by atoms with E-state index in [-0.39, 0.29) is 6.04 Å². The van der Waals surface area contributed by atoms with E-state index in [1.807, 2.05) is 30.3 Å². The van der Waals surface area contributed by atoms with E-state index in [9.17, 15) is 0 Å². The summed E-state index contributed by atoms with van der Waals surface area (Å²) in [5.41, 5.74) is 4.87. The van der Waals surface area contributed by atoms with Crippen molar-refractivity contribution < 1.29 is 4.42 Å². The molecule has 0 aliphatic heterocycles. The first-order valence-corrected chi connectivity index (χ1v) is 7.16. The summed E-state index contributed by atoms with van der Waals surface area (Å²) in [6, 6.07) is 20.7. The predicted molar refractivity (Wildman–Crippen MR) is 86.5 cm³/mol. The van der Waals surface area contributed by atoms with Crippen LogP contribution in [-0.4, -0.2) is 0 Å². The lowest BCUT2D eigenvalue weighted by molar-refractivity contribution is 0.499. The molecule has 0 spiro atoms. The first-order valence-electron chi connectivity index (χ1n) is 7.16. The monoisotopic (exact) mass is 277 g/mol. The van der Waals surface area contributed by atoms with Gasteiger partial charge in [0, 0.05) is 5.69 Å². The van der Waals surface area contributed by atoms with Crippen molar-refractivity contribution >= 4 is 5.69 Å². The zero-order valence-corrected chi connectivity index (χ0v) is 12.3. The SMILES string of the molecule is Cc1ccc(NC(c2ccccc2)c2ccco2)cc1C. The highest BCUT2D eigenvalue weighted by Gasteiger charge is 2.16. The van der Waals surface area contributed by atoms with E-state index in [0.717, 1.165) is 11.4 Å². The number of hydrogen-bond donors (Lipinski definition) is 1. The number of rotatable bonds is 4. The highest BCUT2D eigenvalue weighted by atomic mass is 16.3. The maximum atomic E-state index is 5.61. The Kier molecular flexibility index (Phi) is 3.78. The van der Waals surface area contributed by atoms with E-state index in [0.29, 0.717) is 0 Å². The quantitative estimate of drug-likeness (QED) is 0.718. The number of nitrogens with one attached hydrogen (secondary N) is 1. The Balaban J connectivity index is 1.95. The Bertz CT molecular complexity index is 702. The smallest absolute Gasteiger partial charge is 0.130 e. The third-order valence-corrected chi connectivity index (χ3v) is 3.78. The van der Waals surface area contributed by atoms with Gasteiger partial charge in [0.25, 0.3) is 0 Å². The molecule has 106 valence electrons. The van der Waals surface area contributed by atoms with Crippen LogP contribution in [0.2, 0.25) is 0 Å². The minimum Gasteiger partial charge on any atom is -0.467 e. The van der Waals surface area contributed by atoms with Crippen LogP contribution in [0.15, 0.2) is 71.3 Å². The molecule has 1 atom stereocenters. The second-order valence-electron chi connectivity index (χ2n) is 5.30. The topological polar surface area (TPSA) is 25.2 Å². The minimum absolute atomic E-state index is 0.0170. The maximum absolute atomic E-state index is 5.61. The van der Waals surface area contributed by atoms with Crippen molar-refractivity contribution in [2.24, 2.45) is 0 Å². The summed E-state index contributed by atoms with van der Waals surface area (Å²) in [7, 11) is 0. The van der Waals surface area contributed by atoms with Gasteiger partial charge in [-0.3, -0.25) is 0 Å². The van der Waals surface area contributed by atoms with E-state index < -0.39 is 0 Å². The Morgan fingerprint density at radius 2 is 1.67 bits per heavy atom. The zero-order valence-electron chi connectivity index (χ0n) is 12.3. The van der Waals surface area contributed by atoms with Crippen LogP contribution in [0.25, 0.3) is 0 Å². The number of anilines is 1. The van der Waals surface area contributed by atoms with Gasteiger partial charge in [-0.05, 0) is 54.8 Å². The fourth-order valence-corrected chi connectivity index (χ4v) is 2.42. The lowest BCUT2D eigenvalue weighted by Crippen LogP contribution is -2.11. The maximum Gasteiger partial charge on any atom is 0.130 e. The summed E-state index contributed by atoms with van der Waals surface area (Å²) >= 11 is 0. The van der Waals surface area contributed by atoms with E-state index in [4.69, 9.17) is 4.42 Å². The first kappa shape index (κ1) is 13.5. The largest absolute Gasteiger partial charge is 0.467 e. The van der Waals surface area contributed by atoms with Crippen molar-refractivity contribution in [3.05, 3.63) is 89.4 Å². The van der Waals surface area contributed by atoms with Crippen LogP contribution in [0.4, 0.5) is 5.69 Å². The summed E-state index contributed by atoms with van der Waals surface area (Å²) < 4.78 is 5.61. The van der Waals surface area contributed by atoms with E-state index in [2.05, 4.69) is 49.5 Å². The summed E-state index contributed by atoms with van der Waals surface area (Å²) in [5, 5.41) is 3.57. The Labute approximate surface area is 125 Å². The molecule has 2 heteroatoms. The van der Waals surface area contributed by atoms with Crippen LogP contribution in [0.3, 0.4) is 0 Å². The van der Waals surface area contributed by atoms with Gasteiger partial charge in [-0.2, -0.15) is 0 Å². The second-order valence-corrected chi connectivity index (χ2v) is 5.30. The molecule has 2 nitrogen and oxygen atoms in total. The molecule has 0 radical (unpaired) electrons. The molecule has 0 aliphatic rings. The van der Waals surface area contributed by atoms with E-state index in [1.165, 1.54) is 16.7 Å². The molecule has 3 rings (SSSR count). The fraction of sp³-hybridized carbons (Fsp3) is 0.158. The average Bonchev–Trinajstić information content (AvgIpc) is 3.03. The van der Waals surface area contributed by atoms with E-state index in [1.54, 1.807) is 6.26 Å². The molecule has 1 N–H and O–H groups in total. The molecule has 1 unspecified atom stereocenters. The lowest BCUT2D eigenvalue weighted by Gasteiger charge is -2.19. The van der Waals surface area contributed by atoms with Crippen molar-refractivity contribution in [1.29, 1.82) is 0 Å². The summed E-state index contributed by atoms with van der Waals surface area (Å²) in [5.74, 6) is 0.916. The van der Waals surface area contributed by atoms with Gasteiger partial charge in [-0.1, -0.05) is 36.4 Å². The van der Waals surface area contributed by atoms with Gasteiger partial charge in [0.1, 0.15) is 11.8 Å². The van der Waals surface area contributed by atoms with Gasteiger partial charge in [0.2, 0.25) is 0 Å². The Morgan fingerprint density at radius 3 is 2.33 bits per heavy atom. The van der Waals surface area contributed by atoms with Gasteiger partial charge in [-0.25, -0.2) is 0 Å². The number of furan rings is 1. The molecular formula is C19H19NO. The molecule has 3 aromatic rings. The lowest BCUT2D eigenvalue weighted by atomic mass is 10.0. The van der Waals surface area contributed by atoms with Crippen molar-refractivity contribution in [2.75, 3.05) is 5.32 Å². The van der Waals surface area contributed by atoms with Gasteiger partial charge < -0.3 is 9.73 Å². The van der Waals surface area contributed by atoms with Crippen molar-refractivity contribution in [3.8, 4) is 0 Å².